The molecular weight excluding hydrogens is 468 g/mol. The van der Waals surface area contributed by atoms with Crippen LogP contribution in [0.4, 0.5) is 0 Å². The largest absolute Gasteiger partial charge is 0.493 e. The molecule has 9 heteroatoms. The Labute approximate surface area is 209 Å². The normalized spacial score (nSPS) is 10.9. The molecule has 184 valence electrons. The molecule has 0 unspecified atom stereocenters. The number of carbonyl (C=O) groups excluding carboxylic acids is 2. The lowest BCUT2D eigenvalue weighted by molar-refractivity contribution is -0.129. The Bertz CT molecular complexity index is 1240. The molecule has 2 N–H and O–H groups in total. The van der Waals surface area contributed by atoms with Crippen LogP contribution in [-0.4, -0.2) is 43.4 Å². The van der Waals surface area contributed by atoms with Gasteiger partial charge in [-0.3, -0.25) is 9.59 Å². The molecule has 0 radical (unpaired) electrons. The summed E-state index contributed by atoms with van der Waals surface area (Å²) in [7, 11) is 3.15. The van der Waals surface area contributed by atoms with Crippen molar-refractivity contribution in [2.75, 3.05) is 20.8 Å². The van der Waals surface area contributed by atoms with Crippen LogP contribution >= 0.6 is 11.6 Å². The van der Waals surface area contributed by atoms with Gasteiger partial charge in [-0.25, -0.2) is 5.43 Å². The Morgan fingerprint density at radius 3 is 2.51 bits per heavy atom. The van der Waals surface area contributed by atoms with Crippen molar-refractivity contribution in [1.29, 1.82) is 0 Å². The van der Waals surface area contributed by atoms with Gasteiger partial charge in [0.05, 0.1) is 20.4 Å². The summed E-state index contributed by atoms with van der Waals surface area (Å²) in [6, 6.07) is 15.1. The van der Waals surface area contributed by atoms with E-state index in [1.165, 1.54) is 0 Å². The highest BCUT2D eigenvalue weighted by Gasteiger charge is 2.11. The van der Waals surface area contributed by atoms with E-state index in [2.05, 4.69) is 20.4 Å². The number of amides is 2. The van der Waals surface area contributed by atoms with Gasteiger partial charge in [0.15, 0.2) is 11.5 Å². The minimum absolute atomic E-state index is 0.315. The van der Waals surface area contributed by atoms with Crippen molar-refractivity contribution < 1.29 is 19.1 Å². The van der Waals surface area contributed by atoms with Gasteiger partial charge in [-0.05, 0) is 62.2 Å². The second-order valence-corrected chi connectivity index (χ2v) is 8.34. The van der Waals surface area contributed by atoms with Gasteiger partial charge >= 0.3 is 0 Å². The number of hydrazone groups is 1. The molecule has 8 nitrogen and oxygen atoms in total. The zero-order chi connectivity index (χ0) is 25.4. The van der Waals surface area contributed by atoms with Crippen molar-refractivity contribution in [3.05, 3.63) is 76.1 Å². The summed E-state index contributed by atoms with van der Waals surface area (Å²) >= 11 is 6.12. The van der Waals surface area contributed by atoms with Crippen LogP contribution in [0, 0.1) is 13.8 Å². The summed E-state index contributed by atoms with van der Waals surface area (Å²) in [6.45, 7) is 4.33. The first-order valence-electron chi connectivity index (χ1n) is 11.1. The standard InChI is InChI=1S/C26H29ClN4O4/c1-17-12-20(18(2)31(17)22-7-5-6-21(27)14-22)16-29-30-26(33)15-25(32)28-11-10-19-8-9-23(34-3)24(13-19)35-4/h5-9,12-14,16H,10-11,15H2,1-4H3,(H,28,32)(H,30,33)/b29-16+. The molecule has 3 rings (SSSR count). The van der Waals surface area contributed by atoms with E-state index in [0.717, 1.165) is 28.2 Å². The van der Waals surface area contributed by atoms with Gasteiger partial charge < -0.3 is 19.4 Å². The fourth-order valence-corrected chi connectivity index (χ4v) is 3.92. The van der Waals surface area contributed by atoms with E-state index < -0.39 is 5.91 Å². The van der Waals surface area contributed by atoms with Gasteiger partial charge in [0.1, 0.15) is 6.42 Å². The SMILES string of the molecule is COc1ccc(CCNC(=O)CC(=O)N/N=C/c2cc(C)n(-c3cccc(Cl)c3)c2C)cc1OC. The fourth-order valence-electron chi connectivity index (χ4n) is 3.73. The number of ether oxygens (including phenoxy) is 2. The number of methoxy groups -OCH3 is 2. The van der Waals surface area contributed by atoms with Crippen LogP contribution in [0.25, 0.3) is 5.69 Å². The Morgan fingerprint density at radius 1 is 1.03 bits per heavy atom. The van der Waals surface area contributed by atoms with E-state index in [0.29, 0.717) is 29.5 Å². The molecule has 35 heavy (non-hydrogen) atoms. The van der Waals surface area contributed by atoms with Crippen molar-refractivity contribution in [3.63, 3.8) is 0 Å². The Kier molecular flexibility index (Phi) is 8.92. The quantitative estimate of drug-likeness (QED) is 0.252. The highest BCUT2D eigenvalue weighted by molar-refractivity contribution is 6.30. The molecule has 0 atom stereocenters. The van der Waals surface area contributed by atoms with Gasteiger partial charge in [-0.1, -0.05) is 23.7 Å². The van der Waals surface area contributed by atoms with E-state index in [1.807, 2.05) is 62.4 Å². The van der Waals surface area contributed by atoms with Crippen LogP contribution in [0.15, 0.2) is 53.6 Å². The average Bonchev–Trinajstić information content (AvgIpc) is 3.11. The number of aryl methyl sites for hydroxylation is 1. The van der Waals surface area contributed by atoms with E-state index in [1.54, 1.807) is 20.4 Å². The number of carbonyl (C=O) groups is 2. The smallest absolute Gasteiger partial charge is 0.249 e. The zero-order valence-corrected chi connectivity index (χ0v) is 21.0. The lowest BCUT2D eigenvalue weighted by atomic mass is 10.1. The second-order valence-electron chi connectivity index (χ2n) is 7.90. The predicted octanol–water partition coefficient (Wildman–Crippen LogP) is 3.96. The Balaban J connectivity index is 1.48. The monoisotopic (exact) mass is 496 g/mol. The van der Waals surface area contributed by atoms with Crippen LogP contribution in [0.1, 0.15) is 28.9 Å². The molecule has 0 fully saturated rings. The molecule has 0 saturated heterocycles. The number of nitrogens with one attached hydrogen (secondary N) is 2. The van der Waals surface area contributed by atoms with Crippen LogP contribution in [-0.2, 0) is 16.0 Å². The Hall–Kier alpha value is -3.78. The first-order valence-corrected chi connectivity index (χ1v) is 11.4. The second kappa shape index (κ2) is 12.1. The Morgan fingerprint density at radius 2 is 1.80 bits per heavy atom. The number of hydrogen-bond acceptors (Lipinski definition) is 5. The van der Waals surface area contributed by atoms with E-state index >= 15 is 0 Å². The van der Waals surface area contributed by atoms with E-state index in [4.69, 9.17) is 21.1 Å². The molecule has 0 spiro atoms. The highest BCUT2D eigenvalue weighted by atomic mass is 35.5. The molecule has 0 aliphatic heterocycles. The summed E-state index contributed by atoms with van der Waals surface area (Å²) in [4.78, 5) is 24.2. The van der Waals surface area contributed by atoms with Gasteiger partial charge in [-0.2, -0.15) is 5.10 Å². The van der Waals surface area contributed by atoms with Gasteiger partial charge in [0, 0.05) is 34.2 Å². The van der Waals surface area contributed by atoms with Gasteiger partial charge in [0.25, 0.3) is 0 Å². The number of nitrogens with zero attached hydrogens (tertiary/aromatic N) is 2. The molecule has 0 aliphatic carbocycles. The van der Waals surface area contributed by atoms with Crippen molar-refractivity contribution in [1.82, 2.24) is 15.3 Å². The molecule has 1 heterocycles. The maximum Gasteiger partial charge on any atom is 0.249 e. The van der Waals surface area contributed by atoms with Crippen molar-refractivity contribution in [3.8, 4) is 17.2 Å². The molecule has 2 amide bonds. The zero-order valence-electron chi connectivity index (χ0n) is 20.2. The van der Waals surface area contributed by atoms with Crippen molar-refractivity contribution in [2.24, 2.45) is 5.10 Å². The first-order chi connectivity index (χ1) is 16.8. The number of aromatic nitrogens is 1. The van der Waals surface area contributed by atoms with E-state index in [-0.39, 0.29) is 12.3 Å². The van der Waals surface area contributed by atoms with Gasteiger partial charge in [-0.15, -0.1) is 0 Å². The highest BCUT2D eigenvalue weighted by Crippen LogP contribution is 2.27. The summed E-state index contributed by atoms with van der Waals surface area (Å²) in [6.07, 6.45) is 1.84. The number of hydrogen-bond donors (Lipinski definition) is 2. The third kappa shape index (κ3) is 6.86. The minimum Gasteiger partial charge on any atom is -0.493 e. The molecule has 0 saturated carbocycles. The number of halogens is 1. The number of benzene rings is 2. The lowest BCUT2D eigenvalue weighted by Gasteiger charge is -2.10. The molecule has 3 aromatic rings. The summed E-state index contributed by atoms with van der Waals surface area (Å²) in [5.74, 6) is 0.400. The fraction of sp³-hybridized carbons (Fsp3) is 0.269. The van der Waals surface area contributed by atoms with Gasteiger partial charge in [0.2, 0.25) is 11.8 Å². The third-order valence-electron chi connectivity index (χ3n) is 5.43. The van der Waals surface area contributed by atoms with Crippen LogP contribution in [0.2, 0.25) is 5.02 Å². The molecular formula is C26H29ClN4O4. The summed E-state index contributed by atoms with van der Waals surface area (Å²) < 4.78 is 12.6. The summed E-state index contributed by atoms with van der Waals surface area (Å²) in [5, 5.41) is 7.41. The molecule has 2 aromatic carbocycles. The number of rotatable bonds is 10. The summed E-state index contributed by atoms with van der Waals surface area (Å²) in [5.41, 5.74) is 7.15. The first kappa shape index (κ1) is 25.8. The topological polar surface area (TPSA) is 94.0 Å². The van der Waals surface area contributed by atoms with Crippen molar-refractivity contribution in [2.45, 2.75) is 26.7 Å². The van der Waals surface area contributed by atoms with Crippen LogP contribution < -0.4 is 20.2 Å². The maximum absolute atomic E-state index is 12.1. The molecule has 0 aliphatic rings. The molecule has 1 aromatic heterocycles. The van der Waals surface area contributed by atoms with Crippen LogP contribution in [0.5, 0.6) is 11.5 Å². The van der Waals surface area contributed by atoms with Crippen molar-refractivity contribution >= 4 is 29.6 Å². The maximum atomic E-state index is 12.1. The van der Waals surface area contributed by atoms with E-state index in [9.17, 15) is 9.59 Å². The third-order valence-corrected chi connectivity index (χ3v) is 5.67. The average molecular weight is 497 g/mol. The lowest BCUT2D eigenvalue weighted by Crippen LogP contribution is -2.31. The predicted molar refractivity (Wildman–Crippen MR) is 137 cm³/mol. The van der Waals surface area contributed by atoms with Crippen LogP contribution in [0.3, 0.4) is 0 Å². The molecule has 0 bridgehead atoms. The minimum atomic E-state index is -0.492.